The van der Waals surface area contributed by atoms with E-state index in [-0.39, 0.29) is 5.82 Å². The van der Waals surface area contributed by atoms with Crippen LogP contribution in [0, 0.1) is 11.7 Å². The Balaban J connectivity index is 1.67. The molecule has 0 saturated carbocycles. The maximum absolute atomic E-state index is 13.3. The van der Waals surface area contributed by atoms with Gasteiger partial charge in [0, 0.05) is 18.2 Å². The van der Waals surface area contributed by atoms with E-state index in [9.17, 15) is 4.39 Å². The molecule has 23 heavy (non-hydrogen) atoms. The number of fused-ring (bicyclic) bond motifs is 1. The van der Waals surface area contributed by atoms with Crippen LogP contribution < -0.4 is 10.6 Å². The predicted molar refractivity (Wildman–Crippen MR) is 85.6 cm³/mol. The van der Waals surface area contributed by atoms with Gasteiger partial charge in [-0.1, -0.05) is 6.92 Å². The maximum Gasteiger partial charge on any atom is 0.145 e. The first-order valence-electron chi connectivity index (χ1n) is 7.63. The van der Waals surface area contributed by atoms with Gasteiger partial charge in [-0.15, -0.1) is 0 Å². The molecular formula is C16H17FN6. The first-order chi connectivity index (χ1) is 11.2. The maximum atomic E-state index is 13.3. The highest BCUT2D eigenvalue weighted by molar-refractivity contribution is 5.77. The highest BCUT2D eigenvalue weighted by atomic mass is 19.1. The highest BCUT2D eigenvalue weighted by Crippen LogP contribution is 2.24. The van der Waals surface area contributed by atoms with Gasteiger partial charge in [0.15, 0.2) is 0 Å². The zero-order valence-electron chi connectivity index (χ0n) is 12.7. The molecule has 2 N–H and O–H groups in total. The summed E-state index contributed by atoms with van der Waals surface area (Å²) in [6.45, 7) is 4.13. The molecule has 2 atom stereocenters. The van der Waals surface area contributed by atoms with Gasteiger partial charge in [0.05, 0.1) is 36.0 Å². The molecule has 118 valence electrons. The van der Waals surface area contributed by atoms with Crippen LogP contribution >= 0.6 is 0 Å². The number of pyridine rings is 1. The summed E-state index contributed by atoms with van der Waals surface area (Å²) in [6, 6.07) is 3.46. The fourth-order valence-electron chi connectivity index (χ4n) is 2.91. The van der Waals surface area contributed by atoms with Crippen molar-refractivity contribution in [2.45, 2.75) is 13.0 Å². The van der Waals surface area contributed by atoms with Gasteiger partial charge >= 0.3 is 0 Å². The van der Waals surface area contributed by atoms with Crippen molar-refractivity contribution >= 4 is 11.3 Å². The molecule has 3 aromatic rings. The summed E-state index contributed by atoms with van der Waals surface area (Å²) < 4.78 is 14.8. The molecule has 7 heteroatoms. The van der Waals surface area contributed by atoms with Gasteiger partial charge in [-0.2, -0.15) is 5.10 Å². The van der Waals surface area contributed by atoms with Crippen LogP contribution in [0.3, 0.4) is 0 Å². The smallest absolute Gasteiger partial charge is 0.145 e. The zero-order valence-corrected chi connectivity index (χ0v) is 12.7. The third kappa shape index (κ3) is 2.63. The first kappa shape index (κ1) is 14.1. The number of hydrogen-bond donors (Lipinski definition) is 2. The summed E-state index contributed by atoms with van der Waals surface area (Å²) in [4.78, 5) is 8.91. The molecular weight excluding hydrogens is 295 g/mol. The summed E-state index contributed by atoms with van der Waals surface area (Å²) in [6.07, 6.45) is 6.45. The second-order valence-electron chi connectivity index (χ2n) is 5.91. The summed E-state index contributed by atoms with van der Waals surface area (Å²) >= 11 is 0. The molecule has 0 aliphatic carbocycles. The molecule has 0 bridgehead atoms. The molecule has 6 nitrogen and oxygen atoms in total. The van der Waals surface area contributed by atoms with Crippen molar-refractivity contribution < 1.29 is 4.39 Å². The fourth-order valence-corrected chi connectivity index (χ4v) is 2.91. The number of nitrogens with one attached hydrogen (secondary N) is 2. The van der Waals surface area contributed by atoms with Crippen LogP contribution in [0.4, 0.5) is 10.2 Å². The van der Waals surface area contributed by atoms with Crippen molar-refractivity contribution in [3.05, 3.63) is 42.7 Å². The van der Waals surface area contributed by atoms with Crippen molar-refractivity contribution in [1.82, 2.24) is 24.9 Å². The molecule has 1 aliphatic rings. The van der Waals surface area contributed by atoms with E-state index in [0.717, 1.165) is 35.7 Å². The molecule has 4 heterocycles. The summed E-state index contributed by atoms with van der Waals surface area (Å²) in [5.74, 6) is 0.960. The topological polar surface area (TPSA) is 67.1 Å². The highest BCUT2D eigenvalue weighted by Gasteiger charge is 2.23. The van der Waals surface area contributed by atoms with Crippen LogP contribution in [-0.4, -0.2) is 38.7 Å². The normalized spacial score (nSPS) is 21.0. The Hall–Kier alpha value is -2.54. The number of nitrogens with zero attached hydrogens (tertiary/aromatic N) is 4. The lowest BCUT2D eigenvalue weighted by Crippen LogP contribution is -2.27. The van der Waals surface area contributed by atoms with Gasteiger partial charge in [0.2, 0.25) is 0 Å². The average molecular weight is 312 g/mol. The van der Waals surface area contributed by atoms with Crippen molar-refractivity contribution in [3.63, 3.8) is 0 Å². The van der Waals surface area contributed by atoms with Crippen LogP contribution in [0.1, 0.15) is 6.92 Å². The second-order valence-corrected chi connectivity index (χ2v) is 5.91. The molecule has 0 aromatic carbocycles. The molecule has 1 fully saturated rings. The third-order valence-electron chi connectivity index (χ3n) is 4.24. The van der Waals surface area contributed by atoms with E-state index in [1.54, 1.807) is 24.7 Å². The van der Waals surface area contributed by atoms with Crippen LogP contribution in [0.5, 0.6) is 0 Å². The summed E-state index contributed by atoms with van der Waals surface area (Å²) in [5, 5.41) is 11.0. The zero-order chi connectivity index (χ0) is 15.8. The van der Waals surface area contributed by atoms with Gasteiger partial charge in [0.1, 0.15) is 11.6 Å². The summed E-state index contributed by atoms with van der Waals surface area (Å²) in [5.41, 5.74) is 2.35. The number of anilines is 1. The minimum atomic E-state index is -0.323. The number of aromatic nitrogens is 4. The molecule has 4 rings (SSSR count). The Labute approximate surface area is 132 Å². The average Bonchev–Trinajstić information content (AvgIpc) is 3.14. The van der Waals surface area contributed by atoms with Crippen molar-refractivity contribution in [2.24, 2.45) is 5.92 Å². The Bertz CT molecular complexity index is 845. The Morgan fingerprint density at radius 3 is 3.00 bits per heavy atom. The molecule has 3 aromatic heterocycles. The van der Waals surface area contributed by atoms with E-state index < -0.39 is 0 Å². The van der Waals surface area contributed by atoms with Gasteiger partial charge in [-0.05, 0) is 24.6 Å². The second kappa shape index (κ2) is 5.58. The molecule has 0 unspecified atom stereocenters. The first-order valence-corrected chi connectivity index (χ1v) is 7.63. The molecule has 1 saturated heterocycles. The number of hydrogen-bond acceptors (Lipinski definition) is 5. The largest absolute Gasteiger partial charge is 0.364 e. The van der Waals surface area contributed by atoms with Crippen LogP contribution in [0.2, 0.25) is 0 Å². The van der Waals surface area contributed by atoms with Gasteiger partial charge in [0.25, 0.3) is 0 Å². The lowest BCUT2D eigenvalue weighted by molar-refractivity contribution is 0.593. The number of halogens is 1. The van der Waals surface area contributed by atoms with E-state index in [4.69, 9.17) is 0 Å². The van der Waals surface area contributed by atoms with Crippen molar-refractivity contribution in [3.8, 4) is 11.3 Å². The third-order valence-corrected chi connectivity index (χ3v) is 4.24. The molecule has 0 radical (unpaired) electrons. The van der Waals surface area contributed by atoms with E-state index in [1.807, 2.05) is 0 Å². The Morgan fingerprint density at radius 1 is 1.26 bits per heavy atom. The van der Waals surface area contributed by atoms with E-state index >= 15 is 0 Å². The Morgan fingerprint density at radius 2 is 2.17 bits per heavy atom. The van der Waals surface area contributed by atoms with Crippen LogP contribution in [-0.2, 0) is 0 Å². The van der Waals surface area contributed by atoms with Crippen LogP contribution in [0.15, 0.2) is 36.9 Å². The SMILES string of the molecule is C[C@H]1CNC[C@@H]1Nc1cncc(-c2cnn3cc(F)ccc23)n1. The Kier molecular flexibility index (Phi) is 3.42. The minimum absolute atomic E-state index is 0.323. The van der Waals surface area contributed by atoms with Crippen molar-refractivity contribution in [2.75, 3.05) is 18.4 Å². The van der Waals surface area contributed by atoms with Gasteiger partial charge in [-0.3, -0.25) is 4.98 Å². The standard InChI is InChI=1S/C16H17FN6/c1-10-4-18-6-13(10)21-16-8-19-7-14(22-16)12-5-20-23-9-11(17)2-3-15(12)23/h2-3,5,7-10,13,18H,4,6H2,1H3,(H,21,22)/t10-,13-/m0/s1. The van der Waals surface area contributed by atoms with Gasteiger partial charge in [-0.25, -0.2) is 13.9 Å². The van der Waals surface area contributed by atoms with E-state index in [0.29, 0.717) is 12.0 Å². The number of rotatable bonds is 3. The molecule has 0 amide bonds. The minimum Gasteiger partial charge on any atom is -0.364 e. The van der Waals surface area contributed by atoms with E-state index in [1.165, 1.54) is 16.8 Å². The molecule has 0 spiro atoms. The van der Waals surface area contributed by atoms with Crippen LogP contribution in [0.25, 0.3) is 16.8 Å². The van der Waals surface area contributed by atoms with Crippen molar-refractivity contribution in [1.29, 1.82) is 0 Å². The lowest BCUT2D eigenvalue weighted by atomic mass is 10.1. The quantitative estimate of drug-likeness (QED) is 0.774. The molecule has 1 aliphatic heterocycles. The van der Waals surface area contributed by atoms with E-state index in [2.05, 4.69) is 32.6 Å². The monoisotopic (exact) mass is 312 g/mol. The van der Waals surface area contributed by atoms with Gasteiger partial charge < -0.3 is 10.6 Å². The predicted octanol–water partition coefficient (Wildman–Crippen LogP) is 1.95. The summed E-state index contributed by atoms with van der Waals surface area (Å²) in [7, 11) is 0. The fraction of sp³-hybridized carbons (Fsp3) is 0.312. The lowest BCUT2D eigenvalue weighted by Gasteiger charge is -2.16.